The van der Waals surface area contributed by atoms with Crippen LogP contribution in [0.1, 0.15) is 35.8 Å². The van der Waals surface area contributed by atoms with E-state index in [2.05, 4.69) is 14.7 Å². The number of nitrogens with one attached hydrogen (secondary N) is 2. The second kappa shape index (κ2) is 5.47. The molecule has 0 spiro atoms. The van der Waals surface area contributed by atoms with Crippen molar-refractivity contribution in [3.63, 3.8) is 0 Å². The Bertz CT molecular complexity index is 689. The molecule has 8 nitrogen and oxygen atoms in total. The van der Waals surface area contributed by atoms with Gasteiger partial charge in [-0.3, -0.25) is 0 Å². The van der Waals surface area contributed by atoms with E-state index in [1.807, 2.05) is 0 Å². The van der Waals surface area contributed by atoms with Crippen molar-refractivity contribution in [1.82, 2.24) is 14.7 Å². The molecule has 0 amide bonds. The Morgan fingerprint density at radius 3 is 2.80 bits per heavy atom. The van der Waals surface area contributed by atoms with Crippen molar-refractivity contribution >= 4 is 16.0 Å². The average molecular weight is 299 g/mol. The predicted octanol–water partition coefficient (Wildman–Crippen LogP) is 1.13. The molecule has 1 unspecified atom stereocenters. The summed E-state index contributed by atoms with van der Waals surface area (Å²) in [6.07, 6.45) is 3.57. The number of hydrogen-bond donors (Lipinski definition) is 3. The zero-order chi connectivity index (χ0) is 14.8. The third-order valence-electron chi connectivity index (χ3n) is 2.61. The summed E-state index contributed by atoms with van der Waals surface area (Å²) in [5, 5.41) is 8.27. The highest BCUT2D eigenvalue weighted by molar-refractivity contribution is 7.89. The summed E-state index contributed by atoms with van der Waals surface area (Å²) in [5.41, 5.74) is 0. The van der Waals surface area contributed by atoms with Gasteiger partial charge in [-0.2, -0.15) is 4.72 Å². The van der Waals surface area contributed by atoms with E-state index in [9.17, 15) is 13.2 Å². The van der Waals surface area contributed by atoms with E-state index in [4.69, 9.17) is 9.52 Å². The SMILES string of the molecule is CCC(NS(=O)(=O)c1ccc(C(=O)O)o1)c1ncc[nH]1. The van der Waals surface area contributed by atoms with Gasteiger partial charge >= 0.3 is 5.97 Å². The summed E-state index contributed by atoms with van der Waals surface area (Å²) in [7, 11) is -3.95. The first-order valence-corrected chi connectivity index (χ1v) is 7.27. The summed E-state index contributed by atoms with van der Waals surface area (Å²) >= 11 is 0. The highest BCUT2D eigenvalue weighted by Crippen LogP contribution is 2.19. The Labute approximate surface area is 114 Å². The van der Waals surface area contributed by atoms with Crippen LogP contribution in [0, 0.1) is 0 Å². The van der Waals surface area contributed by atoms with E-state index in [1.54, 1.807) is 13.1 Å². The van der Waals surface area contributed by atoms with Crippen LogP contribution in [0.4, 0.5) is 0 Å². The molecule has 0 radical (unpaired) electrons. The van der Waals surface area contributed by atoms with Crippen LogP contribution in [0.25, 0.3) is 0 Å². The molecule has 108 valence electrons. The lowest BCUT2D eigenvalue weighted by atomic mass is 10.2. The molecule has 2 aromatic heterocycles. The van der Waals surface area contributed by atoms with Crippen molar-refractivity contribution in [2.75, 3.05) is 0 Å². The van der Waals surface area contributed by atoms with Gasteiger partial charge in [0.2, 0.25) is 10.9 Å². The molecule has 2 heterocycles. The van der Waals surface area contributed by atoms with Crippen molar-refractivity contribution in [2.45, 2.75) is 24.5 Å². The second-order valence-electron chi connectivity index (χ2n) is 3.98. The van der Waals surface area contributed by atoms with E-state index in [1.165, 1.54) is 6.20 Å². The number of H-pyrrole nitrogens is 1. The number of aromatic nitrogens is 2. The number of nitrogens with zero attached hydrogens (tertiary/aromatic N) is 1. The van der Waals surface area contributed by atoms with Gasteiger partial charge in [0.05, 0.1) is 6.04 Å². The molecule has 1 atom stereocenters. The van der Waals surface area contributed by atoms with Crippen LogP contribution in [0.3, 0.4) is 0 Å². The van der Waals surface area contributed by atoms with Gasteiger partial charge in [0.1, 0.15) is 5.82 Å². The normalized spacial score (nSPS) is 13.2. The minimum Gasteiger partial charge on any atom is -0.475 e. The fraction of sp³-hybridized carbons (Fsp3) is 0.273. The third kappa shape index (κ3) is 2.89. The third-order valence-corrected chi connectivity index (χ3v) is 3.96. The van der Waals surface area contributed by atoms with Crippen molar-refractivity contribution in [3.8, 4) is 0 Å². The van der Waals surface area contributed by atoms with E-state index in [0.29, 0.717) is 12.2 Å². The lowest BCUT2D eigenvalue weighted by Gasteiger charge is -2.13. The highest BCUT2D eigenvalue weighted by atomic mass is 32.2. The zero-order valence-electron chi connectivity index (χ0n) is 10.5. The van der Waals surface area contributed by atoms with Crippen molar-refractivity contribution < 1.29 is 22.7 Å². The summed E-state index contributed by atoms with van der Waals surface area (Å²) in [6, 6.07) is 1.64. The Balaban J connectivity index is 2.23. The number of hydrogen-bond acceptors (Lipinski definition) is 5. The van der Waals surface area contributed by atoms with Crippen LogP contribution in [0.15, 0.2) is 34.0 Å². The van der Waals surface area contributed by atoms with Crippen LogP contribution in [0.5, 0.6) is 0 Å². The molecule has 2 rings (SSSR count). The van der Waals surface area contributed by atoms with Crippen molar-refractivity contribution in [3.05, 3.63) is 36.1 Å². The van der Waals surface area contributed by atoms with Gasteiger partial charge in [0.25, 0.3) is 10.0 Å². The minimum atomic E-state index is -3.95. The van der Waals surface area contributed by atoms with Crippen LogP contribution >= 0.6 is 0 Å². The topological polar surface area (TPSA) is 125 Å². The first-order valence-electron chi connectivity index (χ1n) is 5.78. The number of carboxylic acids is 1. The molecule has 0 aliphatic carbocycles. The molecule has 0 saturated carbocycles. The standard InChI is InChI=1S/C11H13N3O5S/c1-2-7(10-12-5-6-13-10)14-20(17,18)9-4-3-8(19-9)11(15)16/h3-7,14H,2H2,1H3,(H,12,13)(H,15,16). The lowest BCUT2D eigenvalue weighted by molar-refractivity contribution is 0.0656. The minimum absolute atomic E-state index is 0.434. The van der Waals surface area contributed by atoms with E-state index in [0.717, 1.165) is 12.1 Å². The average Bonchev–Trinajstić information content (AvgIpc) is 3.06. The van der Waals surface area contributed by atoms with Gasteiger partial charge in [0.15, 0.2) is 0 Å². The van der Waals surface area contributed by atoms with Crippen molar-refractivity contribution in [2.24, 2.45) is 0 Å². The highest BCUT2D eigenvalue weighted by Gasteiger charge is 2.25. The number of furan rings is 1. The molecule has 9 heteroatoms. The van der Waals surface area contributed by atoms with Gasteiger partial charge in [0, 0.05) is 12.4 Å². The maximum atomic E-state index is 12.1. The summed E-state index contributed by atoms with van der Waals surface area (Å²) < 4.78 is 31.4. The number of rotatable bonds is 6. The number of aromatic carboxylic acids is 1. The zero-order valence-corrected chi connectivity index (χ0v) is 11.3. The predicted molar refractivity (Wildman–Crippen MR) is 67.6 cm³/mol. The van der Waals surface area contributed by atoms with Gasteiger partial charge < -0.3 is 14.5 Å². The fourth-order valence-electron chi connectivity index (χ4n) is 1.63. The van der Waals surface area contributed by atoms with Gasteiger partial charge in [-0.25, -0.2) is 18.2 Å². The van der Waals surface area contributed by atoms with E-state index < -0.39 is 32.9 Å². The smallest absolute Gasteiger partial charge is 0.371 e. The first-order chi connectivity index (χ1) is 9.44. The van der Waals surface area contributed by atoms with E-state index in [-0.39, 0.29) is 0 Å². The largest absolute Gasteiger partial charge is 0.475 e. The summed E-state index contributed by atoms with van der Waals surface area (Å²) in [6.45, 7) is 1.79. The molecule has 2 aromatic rings. The van der Waals surface area contributed by atoms with Crippen LogP contribution in [0.2, 0.25) is 0 Å². The quantitative estimate of drug-likeness (QED) is 0.734. The van der Waals surface area contributed by atoms with Gasteiger partial charge in [-0.05, 0) is 18.6 Å². The molecule has 0 fully saturated rings. The van der Waals surface area contributed by atoms with Crippen molar-refractivity contribution in [1.29, 1.82) is 0 Å². The molecule has 0 saturated heterocycles. The Morgan fingerprint density at radius 2 is 2.30 bits per heavy atom. The maximum Gasteiger partial charge on any atom is 0.371 e. The number of imidazole rings is 1. The lowest BCUT2D eigenvalue weighted by Crippen LogP contribution is -2.28. The molecule has 0 aliphatic rings. The Kier molecular flexibility index (Phi) is 3.91. The fourth-order valence-corrected chi connectivity index (χ4v) is 2.84. The molecular formula is C11H13N3O5S. The Morgan fingerprint density at radius 1 is 1.55 bits per heavy atom. The summed E-state index contributed by atoms with van der Waals surface area (Å²) in [4.78, 5) is 17.5. The summed E-state index contributed by atoms with van der Waals surface area (Å²) in [5.74, 6) is -1.29. The molecule has 0 aromatic carbocycles. The number of carbonyl (C=O) groups is 1. The molecule has 20 heavy (non-hydrogen) atoms. The second-order valence-corrected chi connectivity index (χ2v) is 5.63. The van der Waals surface area contributed by atoms with Crippen LogP contribution < -0.4 is 4.72 Å². The molecule has 3 N–H and O–H groups in total. The van der Waals surface area contributed by atoms with Crippen LogP contribution in [-0.4, -0.2) is 29.5 Å². The number of aromatic amines is 1. The molecule has 0 aliphatic heterocycles. The van der Waals surface area contributed by atoms with Gasteiger partial charge in [-0.1, -0.05) is 6.92 Å². The monoisotopic (exact) mass is 299 g/mol. The van der Waals surface area contributed by atoms with E-state index >= 15 is 0 Å². The van der Waals surface area contributed by atoms with Crippen LogP contribution in [-0.2, 0) is 10.0 Å². The number of carboxylic acid groups (broad SMARTS) is 1. The Hall–Kier alpha value is -2.13. The molecular weight excluding hydrogens is 286 g/mol. The van der Waals surface area contributed by atoms with Gasteiger partial charge in [-0.15, -0.1) is 0 Å². The number of sulfonamides is 1. The first kappa shape index (κ1) is 14.3. The molecule has 0 bridgehead atoms. The maximum absolute atomic E-state index is 12.1.